The molecule has 0 radical (unpaired) electrons. The molecule has 0 aromatic carbocycles. The fraction of sp³-hybridized carbons (Fsp3) is 0.875. The molecule has 0 aromatic heterocycles. The van der Waals surface area contributed by atoms with E-state index >= 15 is 0 Å². The number of carbonyl (C=O) groups excluding carboxylic acids is 1. The molecule has 1 heterocycles. The van der Waals surface area contributed by atoms with Crippen molar-refractivity contribution in [2.45, 2.75) is 12.1 Å². The summed E-state index contributed by atoms with van der Waals surface area (Å²) in [4.78, 5) is 14.6. The maximum atomic E-state index is 10.2. The van der Waals surface area contributed by atoms with Crippen LogP contribution in [-0.2, 0) is 4.79 Å². The number of carbonyl (C=O) groups is 1. The van der Waals surface area contributed by atoms with E-state index < -0.39 is 0 Å². The van der Waals surface area contributed by atoms with Crippen LogP contribution in [0, 0.1) is 0 Å². The van der Waals surface area contributed by atoms with Gasteiger partial charge < -0.3 is 15.4 Å². The van der Waals surface area contributed by atoms with Crippen molar-refractivity contribution in [2.75, 3.05) is 33.7 Å². The maximum absolute atomic E-state index is 10.2. The quantitative estimate of drug-likeness (QED) is 0.537. The SMILES string of the molecule is CN(C)C1CN(CC(N)C=O)C1. The first kappa shape index (κ1) is 9.64. The van der Waals surface area contributed by atoms with E-state index in [2.05, 4.69) is 23.9 Å². The minimum absolute atomic E-state index is 0.312. The third-order valence-electron chi connectivity index (χ3n) is 2.31. The molecule has 2 N–H and O–H groups in total. The third kappa shape index (κ3) is 2.27. The number of aldehydes is 1. The third-order valence-corrected chi connectivity index (χ3v) is 2.31. The van der Waals surface area contributed by atoms with Crippen molar-refractivity contribution in [1.29, 1.82) is 0 Å². The van der Waals surface area contributed by atoms with E-state index in [1.165, 1.54) is 0 Å². The molecular formula is C8H17N3O. The molecule has 1 rings (SSSR count). The molecule has 0 bridgehead atoms. The first-order valence-electron chi connectivity index (χ1n) is 4.23. The summed E-state index contributed by atoms with van der Waals surface area (Å²) in [7, 11) is 4.14. The van der Waals surface area contributed by atoms with E-state index in [0.29, 0.717) is 12.6 Å². The number of rotatable bonds is 4. The van der Waals surface area contributed by atoms with E-state index in [1.807, 2.05) is 0 Å². The summed E-state index contributed by atoms with van der Waals surface area (Å²) in [6.07, 6.45) is 0.809. The minimum Gasteiger partial charge on any atom is -0.321 e. The summed E-state index contributed by atoms with van der Waals surface area (Å²) < 4.78 is 0. The van der Waals surface area contributed by atoms with Gasteiger partial charge in [0.25, 0.3) is 0 Å². The predicted octanol–water partition coefficient (Wildman–Crippen LogP) is -1.24. The van der Waals surface area contributed by atoms with Gasteiger partial charge in [-0.25, -0.2) is 0 Å². The van der Waals surface area contributed by atoms with Gasteiger partial charge in [0.15, 0.2) is 0 Å². The highest BCUT2D eigenvalue weighted by molar-refractivity contribution is 5.57. The fourth-order valence-electron chi connectivity index (χ4n) is 1.36. The molecule has 0 aromatic rings. The topological polar surface area (TPSA) is 49.6 Å². The highest BCUT2D eigenvalue weighted by Gasteiger charge is 2.28. The van der Waals surface area contributed by atoms with Crippen molar-refractivity contribution in [3.63, 3.8) is 0 Å². The second-order valence-corrected chi connectivity index (χ2v) is 3.64. The van der Waals surface area contributed by atoms with Crippen molar-refractivity contribution < 1.29 is 4.79 Å². The van der Waals surface area contributed by atoms with Crippen LogP contribution < -0.4 is 5.73 Å². The summed E-state index contributed by atoms with van der Waals surface area (Å²) in [5, 5.41) is 0. The second kappa shape index (κ2) is 3.98. The van der Waals surface area contributed by atoms with Gasteiger partial charge in [0.05, 0.1) is 6.04 Å². The van der Waals surface area contributed by atoms with Gasteiger partial charge in [-0.05, 0) is 14.1 Å². The summed E-state index contributed by atoms with van der Waals surface area (Å²) >= 11 is 0. The molecule has 4 heteroatoms. The van der Waals surface area contributed by atoms with Gasteiger partial charge in [0.2, 0.25) is 0 Å². The van der Waals surface area contributed by atoms with E-state index in [9.17, 15) is 4.79 Å². The molecule has 1 aliphatic rings. The first-order chi connectivity index (χ1) is 5.63. The average molecular weight is 171 g/mol. The Kier molecular flexibility index (Phi) is 3.20. The molecule has 0 aliphatic carbocycles. The fourth-order valence-corrected chi connectivity index (χ4v) is 1.36. The van der Waals surface area contributed by atoms with Gasteiger partial charge in [-0.2, -0.15) is 0 Å². The van der Waals surface area contributed by atoms with E-state index in [4.69, 9.17) is 5.73 Å². The summed E-state index contributed by atoms with van der Waals surface area (Å²) in [5.41, 5.74) is 5.48. The standard InChI is InChI=1S/C8H17N3O/c1-10(2)8-4-11(5-8)3-7(9)6-12/h6-8H,3-5,9H2,1-2H3. The second-order valence-electron chi connectivity index (χ2n) is 3.64. The van der Waals surface area contributed by atoms with Crippen molar-refractivity contribution >= 4 is 6.29 Å². The van der Waals surface area contributed by atoms with Gasteiger partial charge in [-0.3, -0.25) is 4.90 Å². The molecule has 1 fully saturated rings. The van der Waals surface area contributed by atoms with Gasteiger partial charge in [-0.15, -0.1) is 0 Å². The number of likely N-dealkylation sites (N-methyl/N-ethyl adjacent to an activating group) is 1. The van der Waals surface area contributed by atoms with Crippen LogP contribution >= 0.6 is 0 Å². The molecule has 1 atom stereocenters. The summed E-state index contributed by atoms with van der Waals surface area (Å²) in [6.45, 7) is 2.77. The molecule has 0 saturated carbocycles. The maximum Gasteiger partial charge on any atom is 0.137 e. The van der Waals surface area contributed by atoms with Crippen molar-refractivity contribution in [3.05, 3.63) is 0 Å². The highest BCUT2D eigenvalue weighted by Crippen LogP contribution is 2.11. The Labute approximate surface area is 73.3 Å². The van der Waals surface area contributed by atoms with Crippen LogP contribution in [0.3, 0.4) is 0 Å². The van der Waals surface area contributed by atoms with E-state index in [0.717, 1.165) is 19.4 Å². The lowest BCUT2D eigenvalue weighted by atomic mass is 10.1. The molecule has 1 unspecified atom stereocenters. The highest BCUT2D eigenvalue weighted by atomic mass is 16.1. The van der Waals surface area contributed by atoms with Gasteiger partial charge in [0, 0.05) is 25.7 Å². The minimum atomic E-state index is -0.312. The van der Waals surface area contributed by atoms with Gasteiger partial charge >= 0.3 is 0 Å². The summed E-state index contributed by atoms with van der Waals surface area (Å²) in [6, 6.07) is 0.331. The largest absolute Gasteiger partial charge is 0.321 e. The lowest BCUT2D eigenvalue weighted by molar-refractivity contribution is -0.109. The van der Waals surface area contributed by atoms with Crippen LogP contribution in [0.25, 0.3) is 0 Å². The average Bonchev–Trinajstić information content (AvgIpc) is 1.94. The number of nitrogens with zero attached hydrogens (tertiary/aromatic N) is 2. The first-order valence-corrected chi connectivity index (χ1v) is 4.23. The van der Waals surface area contributed by atoms with Crippen LogP contribution in [0.2, 0.25) is 0 Å². The van der Waals surface area contributed by atoms with E-state index in [1.54, 1.807) is 0 Å². The summed E-state index contributed by atoms with van der Waals surface area (Å²) in [5.74, 6) is 0. The van der Waals surface area contributed by atoms with Crippen LogP contribution in [0.1, 0.15) is 0 Å². The Morgan fingerprint density at radius 3 is 2.67 bits per heavy atom. The van der Waals surface area contributed by atoms with Crippen molar-refractivity contribution in [1.82, 2.24) is 9.80 Å². The Morgan fingerprint density at radius 1 is 1.67 bits per heavy atom. The van der Waals surface area contributed by atoms with Crippen LogP contribution in [0.4, 0.5) is 0 Å². The van der Waals surface area contributed by atoms with Crippen molar-refractivity contribution in [3.8, 4) is 0 Å². The monoisotopic (exact) mass is 171 g/mol. The Balaban J connectivity index is 2.13. The van der Waals surface area contributed by atoms with Crippen LogP contribution in [-0.4, -0.2) is 61.9 Å². The van der Waals surface area contributed by atoms with Crippen molar-refractivity contribution in [2.24, 2.45) is 5.73 Å². The molecule has 12 heavy (non-hydrogen) atoms. The smallest absolute Gasteiger partial charge is 0.137 e. The Morgan fingerprint density at radius 2 is 2.25 bits per heavy atom. The van der Waals surface area contributed by atoms with Gasteiger partial charge in [-0.1, -0.05) is 0 Å². The van der Waals surface area contributed by atoms with Gasteiger partial charge in [0.1, 0.15) is 6.29 Å². The molecule has 0 amide bonds. The zero-order chi connectivity index (χ0) is 9.14. The van der Waals surface area contributed by atoms with E-state index in [-0.39, 0.29) is 6.04 Å². The molecule has 1 aliphatic heterocycles. The Hall–Kier alpha value is -0.450. The van der Waals surface area contributed by atoms with Crippen LogP contribution in [0.15, 0.2) is 0 Å². The lowest BCUT2D eigenvalue weighted by Gasteiger charge is -2.43. The molecule has 4 nitrogen and oxygen atoms in total. The lowest BCUT2D eigenvalue weighted by Crippen LogP contribution is -2.59. The molecular weight excluding hydrogens is 154 g/mol. The number of nitrogens with two attached hydrogens (primary N) is 1. The molecule has 1 saturated heterocycles. The normalized spacial score (nSPS) is 22.3. The molecule has 70 valence electrons. The molecule has 0 spiro atoms. The zero-order valence-electron chi connectivity index (χ0n) is 7.73. The number of hydrogen-bond donors (Lipinski definition) is 1. The zero-order valence-corrected chi connectivity index (χ0v) is 7.73. The number of likely N-dealkylation sites (tertiary alicyclic amines) is 1. The predicted molar refractivity (Wildman–Crippen MR) is 48.0 cm³/mol. The Bertz CT molecular complexity index is 154. The number of hydrogen-bond acceptors (Lipinski definition) is 4. The van der Waals surface area contributed by atoms with Crippen LogP contribution in [0.5, 0.6) is 0 Å².